The molecule has 0 saturated heterocycles. The Morgan fingerprint density at radius 2 is 2.15 bits per heavy atom. The lowest BCUT2D eigenvalue weighted by Crippen LogP contribution is -2.34. The van der Waals surface area contributed by atoms with Gasteiger partial charge >= 0.3 is 11.4 Å². The van der Waals surface area contributed by atoms with Crippen LogP contribution in [0.15, 0.2) is 0 Å². The Hall–Kier alpha value is -0.990. The average molecular weight is 210 g/mol. The fraction of sp³-hybridized carbons (Fsp3) is 0.600. The zero-order valence-corrected chi connectivity index (χ0v) is 7.45. The van der Waals surface area contributed by atoms with Crippen LogP contribution in [-0.4, -0.2) is 34.4 Å². The molecule has 2 amide bonds. The fourth-order valence-corrected chi connectivity index (χ4v) is 0.958. The molecule has 0 fully saturated rings. The van der Waals surface area contributed by atoms with Crippen LogP contribution in [0.4, 0.5) is 0 Å². The standard InChI is InChI=1S/C5H10N2O5S/c8-3-6-2-1-5(7-4-9)12-13(10)11/h3-5H,1-2H2,(H,6,8)(H,7,9)(H,10,11). The van der Waals surface area contributed by atoms with Gasteiger partial charge in [0.1, 0.15) is 6.23 Å². The average Bonchev–Trinajstić information content (AvgIpc) is 2.04. The summed E-state index contributed by atoms with van der Waals surface area (Å²) in [6.45, 7) is 0.242. The predicted octanol–water partition coefficient (Wildman–Crippen LogP) is -1.65. The van der Waals surface area contributed by atoms with E-state index in [9.17, 15) is 13.8 Å². The summed E-state index contributed by atoms with van der Waals surface area (Å²) in [6.07, 6.45) is 0.159. The molecule has 0 aromatic heterocycles. The number of nitrogens with one attached hydrogen (secondary N) is 2. The first-order valence-corrected chi connectivity index (χ1v) is 4.38. The van der Waals surface area contributed by atoms with Gasteiger partial charge in [0.25, 0.3) is 0 Å². The smallest absolute Gasteiger partial charge is 0.303 e. The molecule has 0 heterocycles. The van der Waals surface area contributed by atoms with E-state index in [4.69, 9.17) is 4.55 Å². The van der Waals surface area contributed by atoms with E-state index in [1.807, 2.05) is 0 Å². The first kappa shape index (κ1) is 12.0. The van der Waals surface area contributed by atoms with Crippen LogP contribution >= 0.6 is 0 Å². The second-order valence-electron chi connectivity index (χ2n) is 1.95. The van der Waals surface area contributed by atoms with Crippen molar-refractivity contribution >= 4 is 24.2 Å². The maximum absolute atomic E-state index is 10.2. The summed E-state index contributed by atoms with van der Waals surface area (Å²) in [5.74, 6) is 0. The molecular formula is C5H10N2O5S. The molecule has 0 saturated carbocycles. The number of rotatable bonds is 8. The highest BCUT2D eigenvalue weighted by Gasteiger charge is 2.09. The van der Waals surface area contributed by atoms with Crippen molar-refractivity contribution in [2.75, 3.05) is 6.54 Å². The molecule has 3 N–H and O–H groups in total. The maximum atomic E-state index is 10.2. The molecule has 13 heavy (non-hydrogen) atoms. The summed E-state index contributed by atoms with van der Waals surface area (Å²) in [6, 6.07) is 0. The van der Waals surface area contributed by atoms with Gasteiger partial charge in [0, 0.05) is 13.0 Å². The van der Waals surface area contributed by atoms with Gasteiger partial charge in [-0.05, 0) is 0 Å². The van der Waals surface area contributed by atoms with Gasteiger partial charge < -0.3 is 10.6 Å². The number of hydrogen-bond acceptors (Lipinski definition) is 4. The van der Waals surface area contributed by atoms with Crippen LogP contribution in [0.5, 0.6) is 0 Å². The molecule has 7 nitrogen and oxygen atoms in total. The van der Waals surface area contributed by atoms with E-state index in [1.165, 1.54) is 0 Å². The van der Waals surface area contributed by atoms with E-state index >= 15 is 0 Å². The largest absolute Gasteiger partial charge is 0.359 e. The molecule has 0 bridgehead atoms. The van der Waals surface area contributed by atoms with Crippen molar-refractivity contribution in [3.8, 4) is 0 Å². The van der Waals surface area contributed by atoms with Crippen molar-refractivity contribution in [1.29, 1.82) is 0 Å². The molecule has 0 aliphatic carbocycles. The van der Waals surface area contributed by atoms with Gasteiger partial charge in [-0.25, -0.2) is 4.18 Å². The summed E-state index contributed by atoms with van der Waals surface area (Å²) >= 11 is -2.44. The Morgan fingerprint density at radius 1 is 1.46 bits per heavy atom. The van der Waals surface area contributed by atoms with E-state index in [0.717, 1.165) is 0 Å². The zero-order valence-electron chi connectivity index (χ0n) is 6.63. The van der Waals surface area contributed by atoms with Crippen LogP contribution in [0.3, 0.4) is 0 Å². The normalized spacial score (nSPS) is 14.2. The van der Waals surface area contributed by atoms with E-state index in [2.05, 4.69) is 14.8 Å². The van der Waals surface area contributed by atoms with Crippen LogP contribution in [0.1, 0.15) is 6.42 Å². The summed E-state index contributed by atoms with van der Waals surface area (Å²) < 4.78 is 22.8. The third-order valence-corrected chi connectivity index (χ3v) is 1.48. The molecule has 0 spiro atoms. The molecule has 0 radical (unpaired) electrons. The van der Waals surface area contributed by atoms with Crippen molar-refractivity contribution in [2.24, 2.45) is 0 Å². The lowest BCUT2D eigenvalue weighted by atomic mass is 10.4. The van der Waals surface area contributed by atoms with Gasteiger partial charge in [-0.3, -0.25) is 14.1 Å². The van der Waals surface area contributed by atoms with Crippen LogP contribution < -0.4 is 10.6 Å². The van der Waals surface area contributed by atoms with E-state index in [1.54, 1.807) is 0 Å². The lowest BCUT2D eigenvalue weighted by molar-refractivity contribution is -0.111. The molecule has 2 unspecified atom stereocenters. The summed E-state index contributed by atoms with van der Waals surface area (Å²) in [5, 5.41) is 4.47. The van der Waals surface area contributed by atoms with Crippen molar-refractivity contribution in [2.45, 2.75) is 12.6 Å². The number of amides is 2. The Labute approximate surface area is 77.3 Å². The highest BCUT2D eigenvalue weighted by Crippen LogP contribution is 1.94. The van der Waals surface area contributed by atoms with Crippen molar-refractivity contribution in [1.82, 2.24) is 10.6 Å². The Kier molecular flexibility index (Phi) is 7.07. The summed E-state index contributed by atoms with van der Waals surface area (Å²) in [5.41, 5.74) is 0. The minimum atomic E-state index is -2.44. The van der Waals surface area contributed by atoms with Crippen molar-refractivity contribution in [3.63, 3.8) is 0 Å². The molecule has 0 aliphatic rings. The van der Waals surface area contributed by atoms with Crippen LogP contribution in [0.25, 0.3) is 0 Å². The van der Waals surface area contributed by atoms with Gasteiger partial charge in [0.15, 0.2) is 0 Å². The number of carbonyl (C=O) groups is 2. The Morgan fingerprint density at radius 3 is 2.62 bits per heavy atom. The quantitative estimate of drug-likeness (QED) is 0.193. The molecule has 0 aromatic rings. The third kappa shape index (κ3) is 7.37. The monoisotopic (exact) mass is 210 g/mol. The van der Waals surface area contributed by atoms with Gasteiger partial charge in [-0.15, -0.1) is 0 Å². The maximum Gasteiger partial charge on any atom is 0.303 e. The minimum Gasteiger partial charge on any atom is -0.359 e. The second kappa shape index (κ2) is 7.65. The van der Waals surface area contributed by atoms with Crippen molar-refractivity contribution < 1.29 is 22.5 Å². The van der Waals surface area contributed by atoms with Crippen LogP contribution in [0.2, 0.25) is 0 Å². The van der Waals surface area contributed by atoms with E-state index < -0.39 is 17.6 Å². The highest BCUT2D eigenvalue weighted by atomic mass is 32.2. The Balaban J connectivity index is 3.71. The van der Waals surface area contributed by atoms with Gasteiger partial charge in [0.2, 0.25) is 12.8 Å². The molecule has 0 aliphatic heterocycles. The first-order valence-electron chi connectivity index (χ1n) is 3.35. The fourth-order valence-electron chi connectivity index (χ4n) is 0.608. The predicted molar refractivity (Wildman–Crippen MR) is 43.5 cm³/mol. The van der Waals surface area contributed by atoms with Crippen LogP contribution in [0, 0.1) is 0 Å². The molecule has 2 atom stereocenters. The van der Waals surface area contributed by atoms with Gasteiger partial charge in [0.05, 0.1) is 0 Å². The molecule has 8 heteroatoms. The van der Waals surface area contributed by atoms with E-state index in [0.29, 0.717) is 12.8 Å². The number of hydrogen-bond donors (Lipinski definition) is 3. The van der Waals surface area contributed by atoms with Crippen LogP contribution in [-0.2, 0) is 25.1 Å². The van der Waals surface area contributed by atoms with E-state index in [-0.39, 0.29) is 13.0 Å². The molecule has 76 valence electrons. The molecular weight excluding hydrogens is 200 g/mol. The summed E-state index contributed by atoms with van der Waals surface area (Å²) in [7, 11) is 0. The lowest BCUT2D eigenvalue weighted by Gasteiger charge is -2.12. The number of carbonyl (C=O) groups excluding carboxylic acids is 2. The minimum absolute atomic E-state index is 0.212. The SMILES string of the molecule is O=CNCCC(NC=O)OS(=O)O. The molecule has 0 rings (SSSR count). The molecule has 0 aromatic carbocycles. The zero-order chi connectivity index (χ0) is 10.1. The first-order chi connectivity index (χ1) is 6.20. The topological polar surface area (TPSA) is 105 Å². The van der Waals surface area contributed by atoms with Crippen molar-refractivity contribution in [3.05, 3.63) is 0 Å². The summed E-state index contributed by atoms with van der Waals surface area (Å²) in [4.78, 5) is 19.8. The van der Waals surface area contributed by atoms with Gasteiger partial charge in [-0.2, -0.15) is 4.21 Å². The highest BCUT2D eigenvalue weighted by molar-refractivity contribution is 7.74. The second-order valence-corrected chi connectivity index (χ2v) is 2.57. The van der Waals surface area contributed by atoms with Gasteiger partial charge in [-0.1, -0.05) is 0 Å². The third-order valence-electron chi connectivity index (χ3n) is 1.09. The Bertz CT molecular complexity index is 188.